The third-order valence-corrected chi connectivity index (χ3v) is 4.70. The lowest BCUT2D eigenvalue weighted by atomic mass is 10.1. The summed E-state index contributed by atoms with van der Waals surface area (Å²) < 4.78 is 10.8. The number of nitro benzene ring substituents is 1. The number of nitrogens with one attached hydrogen (secondary N) is 1. The zero-order valence-corrected chi connectivity index (χ0v) is 18.0. The van der Waals surface area contributed by atoms with E-state index in [0.717, 1.165) is 11.1 Å². The molecule has 0 saturated carbocycles. The van der Waals surface area contributed by atoms with Crippen LogP contribution in [0.3, 0.4) is 0 Å². The van der Waals surface area contributed by atoms with Gasteiger partial charge in [-0.2, -0.15) is 5.10 Å². The van der Waals surface area contributed by atoms with E-state index in [9.17, 15) is 19.7 Å². The van der Waals surface area contributed by atoms with Crippen molar-refractivity contribution >= 4 is 23.8 Å². The fourth-order valence-corrected chi connectivity index (χ4v) is 2.78. The number of benzene rings is 3. The van der Waals surface area contributed by atoms with E-state index in [0.29, 0.717) is 11.3 Å². The lowest BCUT2D eigenvalue weighted by molar-refractivity contribution is -0.384. The van der Waals surface area contributed by atoms with Crippen LogP contribution in [0.4, 0.5) is 5.69 Å². The molecule has 9 nitrogen and oxygen atoms in total. The molecule has 3 rings (SSSR count). The van der Waals surface area contributed by atoms with E-state index < -0.39 is 16.8 Å². The number of carbonyl (C=O) groups is 2. The van der Waals surface area contributed by atoms with Crippen molar-refractivity contribution in [1.29, 1.82) is 0 Å². The minimum Gasteiger partial charge on any atom is -0.483 e. The van der Waals surface area contributed by atoms with Gasteiger partial charge in [0.05, 0.1) is 16.7 Å². The first-order chi connectivity index (χ1) is 15.8. The molecule has 0 unspecified atom stereocenters. The number of esters is 1. The molecule has 0 aliphatic heterocycles. The Morgan fingerprint density at radius 1 is 1.06 bits per heavy atom. The molecule has 1 amide bonds. The number of nitro groups is 1. The Morgan fingerprint density at radius 2 is 1.79 bits per heavy atom. The van der Waals surface area contributed by atoms with Gasteiger partial charge in [-0.3, -0.25) is 14.9 Å². The zero-order chi connectivity index (χ0) is 23.8. The first-order valence-electron chi connectivity index (χ1n) is 9.91. The molecule has 0 saturated heterocycles. The summed E-state index contributed by atoms with van der Waals surface area (Å²) in [5.74, 6) is -0.188. The van der Waals surface area contributed by atoms with Gasteiger partial charge in [0.15, 0.2) is 6.61 Å². The molecule has 33 heavy (non-hydrogen) atoms. The average Bonchev–Trinajstić information content (AvgIpc) is 2.80. The molecule has 1 N–H and O–H groups in total. The van der Waals surface area contributed by atoms with Gasteiger partial charge in [0, 0.05) is 12.1 Å². The molecule has 9 heteroatoms. The van der Waals surface area contributed by atoms with Gasteiger partial charge in [-0.05, 0) is 60.9 Å². The van der Waals surface area contributed by atoms with Crippen LogP contribution in [0.15, 0.2) is 71.8 Å². The standard InChI is InChI=1S/C24H21N3O6/c1-16-5-3-8-22(17(16)2)32-15-23(28)26-25-14-18-6-4-7-21(13-18)33-24(29)19-9-11-20(12-10-19)27(30)31/h3-14H,15H2,1-2H3,(H,26,28). The molecule has 0 atom stereocenters. The maximum Gasteiger partial charge on any atom is 0.343 e. The Labute approximate surface area is 189 Å². The van der Waals surface area contributed by atoms with E-state index in [1.54, 1.807) is 30.3 Å². The number of ether oxygens (including phenoxy) is 2. The van der Waals surface area contributed by atoms with Crippen LogP contribution < -0.4 is 14.9 Å². The van der Waals surface area contributed by atoms with Crippen molar-refractivity contribution in [3.63, 3.8) is 0 Å². The third kappa shape index (κ3) is 6.47. The second kappa shape index (κ2) is 10.7. The van der Waals surface area contributed by atoms with Gasteiger partial charge < -0.3 is 9.47 Å². The number of carbonyl (C=O) groups excluding carboxylic acids is 2. The average molecular weight is 447 g/mol. The summed E-state index contributed by atoms with van der Waals surface area (Å²) in [6.45, 7) is 3.70. The number of hydrazone groups is 1. The van der Waals surface area contributed by atoms with E-state index in [1.807, 2.05) is 26.0 Å². The first-order valence-corrected chi connectivity index (χ1v) is 9.91. The molecular formula is C24H21N3O6. The summed E-state index contributed by atoms with van der Waals surface area (Å²) in [5, 5.41) is 14.6. The lowest BCUT2D eigenvalue weighted by Gasteiger charge is -2.09. The van der Waals surface area contributed by atoms with Crippen LogP contribution in [0.5, 0.6) is 11.5 Å². The second-order valence-electron chi connectivity index (χ2n) is 7.05. The Balaban J connectivity index is 1.53. The van der Waals surface area contributed by atoms with Gasteiger partial charge in [0.2, 0.25) is 0 Å². The van der Waals surface area contributed by atoms with Crippen molar-refractivity contribution in [2.75, 3.05) is 6.61 Å². The smallest absolute Gasteiger partial charge is 0.343 e. The summed E-state index contributed by atoms with van der Waals surface area (Å²) in [6, 6.07) is 17.2. The Morgan fingerprint density at radius 3 is 2.52 bits per heavy atom. The molecule has 0 radical (unpaired) electrons. The summed E-state index contributed by atoms with van der Waals surface area (Å²) in [6.07, 6.45) is 1.40. The van der Waals surface area contributed by atoms with Gasteiger partial charge in [-0.1, -0.05) is 24.3 Å². The zero-order valence-electron chi connectivity index (χ0n) is 18.0. The Kier molecular flexibility index (Phi) is 7.48. The number of aryl methyl sites for hydroxylation is 1. The maximum absolute atomic E-state index is 12.2. The summed E-state index contributed by atoms with van der Waals surface area (Å²) in [4.78, 5) is 34.4. The lowest BCUT2D eigenvalue weighted by Crippen LogP contribution is -2.24. The number of rotatable bonds is 8. The maximum atomic E-state index is 12.2. The van der Waals surface area contributed by atoms with E-state index >= 15 is 0 Å². The Bertz CT molecular complexity index is 1210. The highest BCUT2D eigenvalue weighted by atomic mass is 16.6. The van der Waals surface area contributed by atoms with Crippen molar-refractivity contribution in [1.82, 2.24) is 5.43 Å². The van der Waals surface area contributed by atoms with Gasteiger partial charge in [-0.25, -0.2) is 10.2 Å². The summed E-state index contributed by atoms with van der Waals surface area (Å²) >= 11 is 0. The molecule has 0 heterocycles. The van der Waals surface area contributed by atoms with E-state index in [-0.39, 0.29) is 23.6 Å². The van der Waals surface area contributed by atoms with Crippen molar-refractivity contribution in [2.45, 2.75) is 13.8 Å². The van der Waals surface area contributed by atoms with E-state index in [4.69, 9.17) is 9.47 Å². The van der Waals surface area contributed by atoms with Gasteiger partial charge in [-0.15, -0.1) is 0 Å². The van der Waals surface area contributed by atoms with Crippen LogP contribution in [0.2, 0.25) is 0 Å². The van der Waals surface area contributed by atoms with Crippen molar-refractivity contribution in [2.24, 2.45) is 5.10 Å². The molecule has 0 aliphatic rings. The van der Waals surface area contributed by atoms with Crippen molar-refractivity contribution < 1.29 is 24.0 Å². The molecule has 3 aromatic carbocycles. The molecule has 0 bridgehead atoms. The topological polar surface area (TPSA) is 120 Å². The number of hydrogen-bond donors (Lipinski definition) is 1. The Hall–Kier alpha value is -4.53. The molecule has 0 aromatic heterocycles. The predicted octanol–water partition coefficient (Wildman–Crippen LogP) is 3.96. The molecule has 0 fully saturated rings. The number of amides is 1. The third-order valence-electron chi connectivity index (χ3n) is 4.70. The van der Waals surface area contributed by atoms with Crippen LogP contribution in [-0.2, 0) is 4.79 Å². The molecular weight excluding hydrogens is 426 g/mol. The van der Waals surface area contributed by atoms with Crippen LogP contribution in [0.25, 0.3) is 0 Å². The summed E-state index contributed by atoms with van der Waals surface area (Å²) in [5.41, 5.74) is 5.06. The van der Waals surface area contributed by atoms with Gasteiger partial charge in [0.25, 0.3) is 11.6 Å². The minimum absolute atomic E-state index is 0.119. The van der Waals surface area contributed by atoms with Crippen LogP contribution in [0, 0.1) is 24.0 Å². The largest absolute Gasteiger partial charge is 0.483 e. The number of nitrogens with zero attached hydrogens (tertiary/aromatic N) is 2. The minimum atomic E-state index is -0.657. The van der Waals surface area contributed by atoms with Crippen LogP contribution >= 0.6 is 0 Å². The molecule has 168 valence electrons. The fourth-order valence-electron chi connectivity index (χ4n) is 2.78. The number of non-ortho nitro benzene ring substituents is 1. The monoisotopic (exact) mass is 447 g/mol. The molecule has 3 aromatic rings. The quantitative estimate of drug-likeness (QED) is 0.183. The normalized spacial score (nSPS) is 10.6. The van der Waals surface area contributed by atoms with Gasteiger partial charge >= 0.3 is 5.97 Å². The summed E-state index contributed by atoms with van der Waals surface area (Å²) in [7, 11) is 0. The predicted molar refractivity (Wildman–Crippen MR) is 122 cm³/mol. The van der Waals surface area contributed by atoms with Crippen LogP contribution in [0.1, 0.15) is 27.0 Å². The van der Waals surface area contributed by atoms with Crippen molar-refractivity contribution in [3.8, 4) is 11.5 Å². The molecule has 0 spiro atoms. The SMILES string of the molecule is Cc1cccc(OCC(=O)NN=Cc2cccc(OC(=O)c3ccc([N+](=O)[O-])cc3)c2)c1C. The van der Waals surface area contributed by atoms with E-state index in [2.05, 4.69) is 10.5 Å². The highest BCUT2D eigenvalue weighted by Crippen LogP contribution is 2.20. The van der Waals surface area contributed by atoms with Crippen LogP contribution in [-0.4, -0.2) is 29.6 Å². The van der Waals surface area contributed by atoms with Crippen molar-refractivity contribution in [3.05, 3.63) is 99.1 Å². The first kappa shape index (κ1) is 23.1. The van der Waals surface area contributed by atoms with E-state index in [1.165, 1.54) is 30.5 Å². The highest BCUT2D eigenvalue weighted by molar-refractivity contribution is 5.91. The molecule has 0 aliphatic carbocycles. The second-order valence-corrected chi connectivity index (χ2v) is 7.05. The fraction of sp³-hybridized carbons (Fsp3) is 0.125. The van der Waals surface area contributed by atoms with Gasteiger partial charge in [0.1, 0.15) is 11.5 Å². The number of hydrogen-bond acceptors (Lipinski definition) is 7. The highest BCUT2D eigenvalue weighted by Gasteiger charge is 2.12.